The minimum atomic E-state index is -1.79. The molecule has 0 fully saturated rings. The van der Waals surface area contributed by atoms with Gasteiger partial charge in [0.25, 0.3) is 0 Å². The zero-order chi connectivity index (χ0) is 12.3. The summed E-state index contributed by atoms with van der Waals surface area (Å²) in [6.07, 6.45) is -0.00120. The van der Waals surface area contributed by atoms with Gasteiger partial charge < -0.3 is 14.9 Å². The van der Waals surface area contributed by atoms with E-state index in [1.165, 1.54) is 14.0 Å². The first-order valence-corrected chi connectivity index (χ1v) is 5.44. The molecular formula is C11H13BrO4. The summed E-state index contributed by atoms with van der Waals surface area (Å²) >= 11 is 3.29. The van der Waals surface area contributed by atoms with Crippen molar-refractivity contribution < 1.29 is 19.7 Å². The molecule has 0 heterocycles. The Morgan fingerprint density at radius 1 is 1.56 bits per heavy atom. The Bertz CT molecular complexity index is 401. The van der Waals surface area contributed by atoms with Gasteiger partial charge in [-0.25, -0.2) is 4.79 Å². The van der Waals surface area contributed by atoms with E-state index in [1.807, 2.05) is 0 Å². The van der Waals surface area contributed by atoms with E-state index in [1.54, 1.807) is 18.2 Å². The molecule has 1 unspecified atom stereocenters. The first-order chi connectivity index (χ1) is 7.36. The smallest absolute Gasteiger partial charge is 0.335 e. The summed E-state index contributed by atoms with van der Waals surface area (Å²) in [5, 5.41) is 18.5. The van der Waals surface area contributed by atoms with Crippen LogP contribution in [0.25, 0.3) is 0 Å². The van der Waals surface area contributed by atoms with E-state index in [4.69, 9.17) is 9.84 Å². The van der Waals surface area contributed by atoms with Crippen LogP contribution in [0, 0.1) is 0 Å². The number of hydrogen-bond acceptors (Lipinski definition) is 3. The van der Waals surface area contributed by atoms with Crippen LogP contribution in [0.3, 0.4) is 0 Å². The summed E-state index contributed by atoms with van der Waals surface area (Å²) in [5.74, 6) is -0.701. The molecule has 0 aliphatic heterocycles. The fraction of sp³-hybridized carbons (Fsp3) is 0.364. The lowest BCUT2D eigenvalue weighted by Crippen LogP contribution is -2.37. The molecule has 0 aromatic heterocycles. The number of carboxylic acids is 1. The third-order valence-corrected chi connectivity index (χ3v) is 2.74. The summed E-state index contributed by atoms with van der Waals surface area (Å²) in [6.45, 7) is 1.26. The van der Waals surface area contributed by atoms with Crippen molar-refractivity contribution in [1.29, 1.82) is 0 Å². The summed E-state index contributed by atoms with van der Waals surface area (Å²) < 4.78 is 5.95. The standard InChI is InChI=1S/C11H13BrO4/c1-11(15,10(13)14)6-7-3-4-8(12)5-9(7)16-2/h3-5,15H,6H2,1-2H3,(H,13,14). The van der Waals surface area contributed by atoms with Crippen molar-refractivity contribution in [1.82, 2.24) is 0 Å². The topological polar surface area (TPSA) is 66.8 Å². The molecule has 2 N–H and O–H groups in total. The Hall–Kier alpha value is -1.07. The van der Waals surface area contributed by atoms with Gasteiger partial charge in [0.05, 0.1) is 7.11 Å². The van der Waals surface area contributed by atoms with Crippen LogP contribution in [0.2, 0.25) is 0 Å². The lowest BCUT2D eigenvalue weighted by Gasteiger charge is -2.19. The zero-order valence-corrected chi connectivity index (χ0v) is 10.6. The van der Waals surface area contributed by atoms with E-state index >= 15 is 0 Å². The minimum absolute atomic E-state index is 0.00120. The Morgan fingerprint density at radius 2 is 2.19 bits per heavy atom. The van der Waals surface area contributed by atoms with E-state index in [0.717, 1.165) is 4.47 Å². The highest BCUT2D eigenvalue weighted by Crippen LogP contribution is 2.26. The number of hydrogen-bond donors (Lipinski definition) is 2. The van der Waals surface area contributed by atoms with Crippen molar-refractivity contribution in [3.63, 3.8) is 0 Å². The highest BCUT2D eigenvalue weighted by Gasteiger charge is 2.31. The van der Waals surface area contributed by atoms with Gasteiger partial charge in [0, 0.05) is 10.9 Å². The molecule has 0 spiro atoms. The monoisotopic (exact) mass is 288 g/mol. The molecule has 1 aromatic carbocycles. The Balaban J connectivity index is 3.01. The number of carboxylic acid groups (broad SMARTS) is 1. The Morgan fingerprint density at radius 3 is 2.69 bits per heavy atom. The summed E-state index contributed by atoms with van der Waals surface area (Å²) in [4.78, 5) is 10.8. The molecule has 1 atom stereocenters. The molecule has 1 rings (SSSR count). The van der Waals surface area contributed by atoms with Gasteiger partial charge in [0.2, 0.25) is 0 Å². The number of rotatable bonds is 4. The number of ether oxygens (including phenoxy) is 1. The number of methoxy groups -OCH3 is 1. The molecule has 0 amide bonds. The largest absolute Gasteiger partial charge is 0.496 e. The molecule has 0 aliphatic carbocycles. The molecule has 4 nitrogen and oxygen atoms in total. The van der Waals surface area contributed by atoms with Crippen molar-refractivity contribution in [2.24, 2.45) is 0 Å². The second kappa shape index (κ2) is 4.84. The first kappa shape index (κ1) is 13.0. The molecule has 0 bridgehead atoms. The zero-order valence-electron chi connectivity index (χ0n) is 9.03. The molecule has 5 heteroatoms. The van der Waals surface area contributed by atoms with Crippen LogP contribution in [0.5, 0.6) is 5.75 Å². The quantitative estimate of drug-likeness (QED) is 0.887. The summed E-state index contributed by atoms with van der Waals surface area (Å²) in [6, 6.07) is 5.23. The van der Waals surface area contributed by atoms with Crippen LogP contribution in [-0.2, 0) is 11.2 Å². The van der Waals surface area contributed by atoms with E-state index in [2.05, 4.69) is 15.9 Å². The Labute approximate surface area is 102 Å². The first-order valence-electron chi connectivity index (χ1n) is 4.65. The van der Waals surface area contributed by atoms with Crippen molar-refractivity contribution in [3.05, 3.63) is 28.2 Å². The van der Waals surface area contributed by atoms with E-state index in [-0.39, 0.29) is 6.42 Å². The van der Waals surface area contributed by atoms with Crippen LogP contribution in [0.15, 0.2) is 22.7 Å². The number of halogens is 1. The molecule has 0 radical (unpaired) electrons. The average Bonchev–Trinajstić information content (AvgIpc) is 2.20. The van der Waals surface area contributed by atoms with Gasteiger partial charge in [-0.1, -0.05) is 22.0 Å². The second-order valence-corrected chi connectivity index (χ2v) is 4.63. The Kier molecular flexibility index (Phi) is 3.93. The number of aliphatic hydroxyl groups is 1. The van der Waals surface area contributed by atoms with Gasteiger partial charge in [0.15, 0.2) is 5.60 Å². The highest BCUT2D eigenvalue weighted by atomic mass is 79.9. The van der Waals surface area contributed by atoms with Crippen molar-refractivity contribution in [2.75, 3.05) is 7.11 Å². The van der Waals surface area contributed by atoms with Gasteiger partial charge in [-0.2, -0.15) is 0 Å². The number of benzene rings is 1. The van der Waals surface area contributed by atoms with Gasteiger partial charge in [-0.05, 0) is 24.6 Å². The van der Waals surface area contributed by atoms with Crippen molar-refractivity contribution in [3.8, 4) is 5.75 Å². The maximum Gasteiger partial charge on any atom is 0.335 e. The molecule has 0 saturated carbocycles. The lowest BCUT2D eigenvalue weighted by molar-refractivity contribution is -0.156. The second-order valence-electron chi connectivity index (χ2n) is 3.71. The fourth-order valence-electron chi connectivity index (χ4n) is 1.31. The summed E-state index contributed by atoms with van der Waals surface area (Å²) in [7, 11) is 1.50. The fourth-order valence-corrected chi connectivity index (χ4v) is 1.65. The maximum atomic E-state index is 10.8. The molecule has 16 heavy (non-hydrogen) atoms. The van der Waals surface area contributed by atoms with Crippen LogP contribution < -0.4 is 4.74 Å². The van der Waals surface area contributed by atoms with Crippen molar-refractivity contribution in [2.45, 2.75) is 18.9 Å². The van der Waals surface area contributed by atoms with Crippen LogP contribution >= 0.6 is 15.9 Å². The van der Waals surface area contributed by atoms with Gasteiger partial charge >= 0.3 is 5.97 Å². The van der Waals surface area contributed by atoms with Gasteiger partial charge in [-0.15, -0.1) is 0 Å². The molecule has 0 saturated heterocycles. The third kappa shape index (κ3) is 2.96. The summed E-state index contributed by atoms with van der Waals surface area (Å²) in [5.41, 5.74) is -1.14. The van der Waals surface area contributed by atoms with Gasteiger partial charge in [0.1, 0.15) is 5.75 Å². The van der Waals surface area contributed by atoms with E-state index in [9.17, 15) is 9.90 Å². The van der Waals surface area contributed by atoms with E-state index < -0.39 is 11.6 Å². The number of carbonyl (C=O) groups is 1. The third-order valence-electron chi connectivity index (χ3n) is 2.24. The van der Waals surface area contributed by atoms with Gasteiger partial charge in [-0.3, -0.25) is 0 Å². The van der Waals surface area contributed by atoms with Crippen LogP contribution in [0.1, 0.15) is 12.5 Å². The highest BCUT2D eigenvalue weighted by molar-refractivity contribution is 9.10. The van der Waals surface area contributed by atoms with Crippen LogP contribution in [-0.4, -0.2) is 28.9 Å². The molecule has 0 aliphatic rings. The molecule has 1 aromatic rings. The molecular weight excluding hydrogens is 276 g/mol. The van der Waals surface area contributed by atoms with Crippen LogP contribution in [0.4, 0.5) is 0 Å². The minimum Gasteiger partial charge on any atom is -0.496 e. The normalized spacial score (nSPS) is 14.2. The molecule has 88 valence electrons. The van der Waals surface area contributed by atoms with Crippen molar-refractivity contribution >= 4 is 21.9 Å². The van der Waals surface area contributed by atoms with E-state index in [0.29, 0.717) is 11.3 Å². The maximum absolute atomic E-state index is 10.8. The number of aliphatic carboxylic acids is 1. The lowest BCUT2D eigenvalue weighted by atomic mass is 9.96. The average molecular weight is 289 g/mol. The predicted molar refractivity (Wildman–Crippen MR) is 62.7 cm³/mol. The predicted octanol–water partition coefficient (Wildman–Crippen LogP) is 1.84. The SMILES string of the molecule is COc1cc(Br)ccc1CC(C)(O)C(=O)O.